The molecular formula is C25H30N4O4. The van der Waals surface area contributed by atoms with Gasteiger partial charge in [0.05, 0.1) is 31.1 Å². The van der Waals surface area contributed by atoms with Gasteiger partial charge in [-0.25, -0.2) is 10.5 Å². The molecule has 2 amide bonds. The van der Waals surface area contributed by atoms with Crippen molar-refractivity contribution in [2.45, 2.75) is 39.3 Å². The fourth-order valence-electron chi connectivity index (χ4n) is 3.48. The van der Waals surface area contributed by atoms with Gasteiger partial charge in [0.25, 0.3) is 0 Å². The largest absolute Gasteiger partial charge is 0.394 e. The van der Waals surface area contributed by atoms with Crippen LogP contribution in [0, 0.1) is 5.41 Å². The first-order chi connectivity index (χ1) is 15.7. The fourth-order valence-corrected chi connectivity index (χ4v) is 3.48. The maximum absolute atomic E-state index is 13.0. The molecule has 0 aliphatic heterocycles. The molecule has 1 heterocycles. The maximum atomic E-state index is 13.0. The first-order valence-electron chi connectivity index (χ1n) is 10.8. The first kappa shape index (κ1) is 24.2. The number of carbonyl (C=O) groups excluding carboxylic acids is 2. The summed E-state index contributed by atoms with van der Waals surface area (Å²) in [4.78, 5) is 29.3. The van der Waals surface area contributed by atoms with Gasteiger partial charge in [-0.05, 0) is 16.5 Å². The molecule has 0 aliphatic rings. The number of hydrogen-bond donors (Lipinski definition) is 4. The molecule has 2 atom stereocenters. The van der Waals surface area contributed by atoms with Gasteiger partial charge in [-0.3, -0.25) is 14.8 Å². The zero-order valence-corrected chi connectivity index (χ0v) is 19.0. The van der Waals surface area contributed by atoms with E-state index in [1.54, 1.807) is 16.2 Å². The number of hydroxylamine groups is 1. The van der Waals surface area contributed by atoms with Crippen molar-refractivity contribution in [3.05, 3.63) is 67.1 Å². The van der Waals surface area contributed by atoms with Crippen LogP contribution >= 0.6 is 0 Å². The number of amides is 2. The number of nitrogens with one attached hydrogen (secondary N) is 2. The van der Waals surface area contributed by atoms with E-state index >= 15 is 0 Å². The van der Waals surface area contributed by atoms with Crippen LogP contribution in [0.15, 0.2) is 67.1 Å². The Morgan fingerprint density at radius 2 is 1.61 bits per heavy atom. The van der Waals surface area contributed by atoms with Crippen molar-refractivity contribution >= 4 is 11.8 Å². The Kier molecular flexibility index (Phi) is 7.63. The van der Waals surface area contributed by atoms with Crippen molar-refractivity contribution in [1.82, 2.24) is 20.3 Å². The lowest BCUT2D eigenvalue weighted by Gasteiger charge is -2.31. The van der Waals surface area contributed by atoms with Gasteiger partial charge >= 0.3 is 0 Å². The Morgan fingerprint density at radius 1 is 1.00 bits per heavy atom. The van der Waals surface area contributed by atoms with Crippen LogP contribution < -0.4 is 10.8 Å². The Hall–Kier alpha value is -3.49. The summed E-state index contributed by atoms with van der Waals surface area (Å²) < 4.78 is 1.54. The Bertz CT molecular complexity index is 1070. The SMILES string of the molecule is CC(C)(C)[C@@H](CO)NC(=O)[C@H](CC(=O)NO)n1cnc(-c2ccc(-c3ccccc3)cc2)c1. The predicted molar refractivity (Wildman–Crippen MR) is 125 cm³/mol. The van der Waals surface area contributed by atoms with E-state index in [1.807, 2.05) is 75.4 Å². The fraction of sp³-hybridized carbons (Fsp3) is 0.320. The second-order valence-corrected chi connectivity index (χ2v) is 9.01. The predicted octanol–water partition coefficient (Wildman–Crippen LogP) is 3.18. The topological polar surface area (TPSA) is 116 Å². The zero-order chi connectivity index (χ0) is 24.0. The quantitative estimate of drug-likeness (QED) is 0.311. The molecule has 0 aliphatic carbocycles. The molecule has 2 aromatic carbocycles. The van der Waals surface area contributed by atoms with Crippen molar-refractivity contribution in [1.29, 1.82) is 0 Å². The normalized spacial score (nSPS) is 13.2. The van der Waals surface area contributed by atoms with Gasteiger partial charge in [0.15, 0.2) is 0 Å². The van der Waals surface area contributed by atoms with Crippen LogP contribution in [0.1, 0.15) is 33.2 Å². The lowest BCUT2D eigenvalue weighted by molar-refractivity contribution is -0.135. The first-order valence-corrected chi connectivity index (χ1v) is 10.8. The van der Waals surface area contributed by atoms with Gasteiger partial charge in [0.2, 0.25) is 11.8 Å². The van der Waals surface area contributed by atoms with E-state index in [0.717, 1.165) is 16.7 Å². The Balaban J connectivity index is 1.84. The van der Waals surface area contributed by atoms with Gasteiger partial charge < -0.3 is 15.0 Å². The molecule has 0 bridgehead atoms. The van der Waals surface area contributed by atoms with Crippen LogP contribution in [0.3, 0.4) is 0 Å². The van der Waals surface area contributed by atoms with Gasteiger partial charge in [0, 0.05) is 11.8 Å². The second-order valence-electron chi connectivity index (χ2n) is 9.01. The highest BCUT2D eigenvalue weighted by Gasteiger charge is 2.30. The van der Waals surface area contributed by atoms with Crippen LogP contribution in [0.5, 0.6) is 0 Å². The smallest absolute Gasteiger partial charge is 0.245 e. The summed E-state index contributed by atoms with van der Waals surface area (Å²) in [7, 11) is 0. The third-order valence-electron chi connectivity index (χ3n) is 5.60. The molecule has 0 saturated heterocycles. The Labute approximate surface area is 193 Å². The number of benzene rings is 2. The van der Waals surface area contributed by atoms with Crippen LogP contribution in [-0.2, 0) is 9.59 Å². The minimum Gasteiger partial charge on any atom is -0.394 e. The summed E-state index contributed by atoms with van der Waals surface area (Å²) in [6, 6.07) is 16.5. The highest BCUT2D eigenvalue weighted by atomic mass is 16.5. The number of aliphatic hydroxyl groups excluding tert-OH is 1. The van der Waals surface area contributed by atoms with Crippen molar-refractivity contribution in [2.75, 3.05) is 6.61 Å². The van der Waals surface area contributed by atoms with Crippen molar-refractivity contribution < 1.29 is 19.9 Å². The molecule has 3 aromatic rings. The van der Waals surface area contributed by atoms with Crippen molar-refractivity contribution in [2.24, 2.45) is 5.41 Å². The van der Waals surface area contributed by atoms with Crippen molar-refractivity contribution in [3.63, 3.8) is 0 Å². The second kappa shape index (κ2) is 10.4. The van der Waals surface area contributed by atoms with Gasteiger partial charge in [-0.15, -0.1) is 0 Å². The molecule has 8 nitrogen and oxygen atoms in total. The number of nitrogens with zero attached hydrogens (tertiary/aromatic N) is 2. The summed E-state index contributed by atoms with van der Waals surface area (Å²) in [5, 5.41) is 21.5. The molecule has 174 valence electrons. The van der Waals surface area contributed by atoms with E-state index < -0.39 is 23.9 Å². The van der Waals surface area contributed by atoms with Crippen molar-refractivity contribution in [3.8, 4) is 22.4 Å². The highest BCUT2D eigenvalue weighted by molar-refractivity contribution is 5.87. The van der Waals surface area contributed by atoms with E-state index in [4.69, 9.17) is 5.21 Å². The maximum Gasteiger partial charge on any atom is 0.245 e. The summed E-state index contributed by atoms with van der Waals surface area (Å²) in [5.41, 5.74) is 4.89. The molecule has 33 heavy (non-hydrogen) atoms. The van der Waals surface area contributed by atoms with Gasteiger partial charge in [0.1, 0.15) is 6.04 Å². The molecule has 8 heteroatoms. The molecule has 0 spiro atoms. The van der Waals surface area contributed by atoms with Gasteiger partial charge in [-0.2, -0.15) is 0 Å². The summed E-state index contributed by atoms with van der Waals surface area (Å²) in [6.45, 7) is 5.46. The summed E-state index contributed by atoms with van der Waals surface area (Å²) in [5.74, 6) is -1.15. The highest BCUT2D eigenvalue weighted by Crippen LogP contribution is 2.26. The molecule has 0 unspecified atom stereocenters. The standard InChI is InChI=1S/C25H30N4O4/c1-25(2,3)22(15-30)27-24(32)21(13-23(31)28-33)29-14-20(26-16-29)19-11-9-18(10-12-19)17-7-5-4-6-8-17/h4-12,14,16,21-22,30,33H,13,15H2,1-3H3,(H,27,32)(H,28,31)/t21-,22+/m0/s1. The van der Waals surface area contributed by atoms with E-state index in [0.29, 0.717) is 5.69 Å². The van der Waals surface area contributed by atoms with Crippen LogP contribution in [0.4, 0.5) is 0 Å². The number of aliphatic hydroxyl groups is 1. The average molecular weight is 451 g/mol. The number of hydrogen-bond acceptors (Lipinski definition) is 5. The molecular weight excluding hydrogens is 420 g/mol. The molecule has 0 radical (unpaired) electrons. The summed E-state index contributed by atoms with van der Waals surface area (Å²) in [6.07, 6.45) is 2.89. The number of imidazole rings is 1. The third kappa shape index (κ3) is 6.06. The number of rotatable bonds is 8. The summed E-state index contributed by atoms with van der Waals surface area (Å²) >= 11 is 0. The van der Waals surface area contributed by atoms with Crippen LogP contribution in [0.2, 0.25) is 0 Å². The lowest BCUT2D eigenvalue weighted by atomic mass is 9.87. The molecule has 0 saturated carbocycles. The molecule has 4 N–H and O–H groups in total. The molecule has 1 aromatic heterocycles. The van der Waals surface area contributed by atoms with E-state index in [1.165, 1.54) is 6.33 Å². The van der Waals surface area contributed by atoms with Crippen LogP contribution in [-0.4, -0.2) is 44.3 Å². The van der Waals surface area contributed by atoms with E-state index in [2.05, 4.69) is 10.3 Å². The minimum absolute atomic E-state index is 0.239. The number of aromatic nitrogens is 2. The zero-order valence-electron chi connectivity index (χ0n) is 19.0. The minimum atomic E-state index is -0.946. The number of carbonyl (C=O) groups is 2. The van der Waals surface area contributed by atoms with Gasteiger partial charge in [-0.1, -0.05) is 75.4 Å². The Morgan fingerprint density at radius 3 is 2.18 bits per heavy atom. The molecule has 0 fully saturated rings. The average Bonchev–Trinajstić information content (AvgIpc) is 3.30. The molecule has 3 rings (SSSR count). The third-order valence-corrected chi connectivity index (χ3v) is 5.60. The van der Waals surface area contributed by atoms with E-state index in [9.17, 15) is 14.7 Å². The lowest BCUT2D eigenvalue weighted by Crippen LogP contribution is -2.49. The van der Waals surface area contributed by atoms with Crippen LogP contribution in [0.25, 0.3) is 22.4 Å². The van der Waals surface area contributed by atoms with E-state index in [-0.39, 0.29) is 18.4 Å². The monoisotopic (exact) mass is 450 g/mol.